The van der Waals surface area contributed by atoms with E-state index in [1.165, 1.54) is 0 Å². The summed E-state index contributed by atoms with van der Waals surface area (Å²) in [5.74, 6) is -0.833. The number of nitrogens with one attached hydrogen (secondary N) is 1. The highest BCUT2D eigenvalue weighted by atomic mass is 16.2. The van der Waals surface area contributed by atoms with Crippen molar-refractivity contribution < 1.29 is 9.59 Å². The summed E-state index contributed by atoms with van der Waals surface area (Å²) in [5, 5.41) is 2.94. The summed E-state index contributed by atoms with van der Waals surface area (Å²) < 4.78 is 0. The Morgan fingerprint density at radius 3 is 1.95 bits per heavy atom. The number of hydrogen-bond acceptors (Lipinski definition) is 2. The molecule has 4 heteroatoms. The highest BCUT2D eigenvalue weighted by Gasteiger charge is 2.36. The Morgan fingerprint density at radius 1 is 1.16 bits per heavy atom. The van der Waals surface area contributed by atoms with Crippen LogP contribution in [0.2, 0.25) is 0 Å². The molecule has 2 amide bonds. The van der Waals surface area contributed by atoms with Crippen LogP contribution in [-0.4, -0.2) is 17.9 Å². The predicted molar refractivity (Wildman–Crippen MR) is 78.5 cm³/mol. The lowest BCUT2D eigenvalue weighted by atomic mass is 9.75. The summed E-state index contributed by atoms with van der Waals surface area (Å²) in [6.07, 6.45) is 4.17. The summed E-state index contributed by atoms with van der Waals surface area (Å²) in [7, 11) is 0. The van der Waals surface area contributed by atoms with Crippen molar-refractivity contribution in [3.8, 4) is 0 Å². The van der Waals surface area contributed by atoms with Gasteiger partial charge in [-0.1, -0.05) is 27.7 Å². The van der Waals surface area contributed by atoms with Gasteiger partial charge in [-0.05, 0) is 44.9 Å². The number of rotatable bonds is 3. The number of amides is 2. The Hall–Kier alpha value is -1.06. The molecule has 0 aromatic rings. The Kier molecular flexibility index (Phi) is 6.53. The van der Waals surface area contributed by atoms with Crippen molar-refractivity contribution in [2.24, 2.45) is 16.6 Å². The van der Waals surface area contributed by atoms with Gasteiger partial charge < -0.3 is 11.1 Å². The average molecular weight is 270 g/mol. The van der Waals surface area contributed by atoms with E-state index >= 15 is 0 Å². The lowest BCUT2D eigenvalue weighted by Gasteiger charge is -2.35. The second-order valence-corrected chi connectivity index (χ2v) is 6.40. The van der Waals surface area contributed by atoms with Gasteiger partial charge in [0.05, 0.1) is 0 Å². The molecular weight excluding hydrogens is 240 g/mol. The Balaban J connectivity index is 0.00000154. The largest absolute Gasteiger partial charge is 0.369 e. The van der Waals surface area contributed by atoms with Gasteiger partial charge >= 0.3 is 0 Å². The smallest absolute Gasteiger partial charge is 0.235 e. The molecule has 0 spiro atoms. The average Bonchev–Trinajstić information content (AvgIpc) is 2.34. The third-order valence-electron chi connectivity index (χ3n) is 3.86. The van der Waals surface area contributed by atoms with E-state index in [9.17, 15) is 9.59 Å². The van der Waals surface area contributed by atoms with Gasteiger partial charge in [0.25, 0.3) is 0 Å². The summed E-state index contributed by atoms with van der Waals surface area (Å²) in [5.41, 5.74) is 4.48. The molecule has 1 saturated carbocycles. The zero-order chi connectivity index (χ0) is 15.3. The minimum Gasteiger partial charge on any atom is -0.369 e. The molecule has 0 aromatic carbocycles. The van der Waals surface area contributed by atoms with Crippen molar-refractivity contribution in [3.05, 3.63) is 0 Å². The molecular formula is C15H30N2O2. The van der Waals surface area contributed by atoms with Crippen molar-refractivity contribution in [1.82, 2.24) is 5.32 Å². The number of carbonyl (C=O) groups is 2. The van der Waals surface area contributed by atoms with Gasteiger partial charge in [0.15, 0.2) is 0 Å². The van der Waals surface area contributed by atoms with Crippen LogP contribution in [0, 0.1) is 10.8 Å². The van der Waals surface area contributed by atoms with E-state index < -0.39 is 11.3 Å². The van der Waals surface area contributed by atoms with Crippen molar-refractivity contribution in [2.45, 2.75) is 73.3 Å². The quantitative estimate of drug-likeness (QED) is 0.774. The van der Waals surface area contributed by atoms with Crippen LogP contribution in [0.25, 0.3) is 0 Å². The van der Waals surface area contributed by atoms with E-state index in [-0.39, 0.29) is 11.9 Å². The molecule has 0 aliphatic heterocycles. The fraction of sp³-hybridized carbons (Fsp3) is 0.867. The van der Waals surface area contributed by atoms with Gasteiger partial charge in [0.1, 0.15) is 5.41 Å². The zero-order valence-electron chi connectivity index (χ0n) is 13.3. The van der Waals surface area contributed by atoms with Gasteiger partial charge in [-0.15, -0.1) is 0 Å². The van der Waals surface area contributed by atoms with Crippen molar-refractivity contribution in [2.75, 3.05) is 0 Å². The molecule has 0 saturated heterocycles. The van der Waals surface area contributed by atoms with E-state index in [1.54, 1.807) is 13.8 Å². The summed E-state index contributed by atoms with van der Waals surface area (Å²) in [6, 6.07) is 0.189. The van der Waals surface area contributed by atoms with Crippen LogP contribution < -0.4 is 11.1 Å². The molecule has 112 valence electrons. The first kappa shape index (κ1) is 17.9. The highest BCUT2D eigenvalue weighted by Crippen LogP contribution is 2.35. The summed E-state index contributed by atoms with van der Waals surface area (Å²) >= 11 is 0. The molecule has 0 radical (unpaired) electrons. The summed E-state index contributed by atoms with van der Waals surface area (Å²) in [4.78, 5) is 23.1. The first-order valence-electron chi connectivity index (χ1n) is 7.26. The molecule has 0 aromatic heterocycles. The Morgan fingerprint density at radius 2 is 1.58 bits per heavy atom. The van der Waals surface area contributed by atoms with Crippen LogP contribution in [0.1, 0.15) is 67.2 Å². The SMILES string of the molecule is CC.CC1(C)CCC(NC(=O)C(C)(C)C(N)=O)CC1. The maximum Gasteiger partial charge on any atom is 0.235 e. The van der Waals surface area contributed by atoms with Gasteiger partial charge in [-0.3, -0.25) is 9.59 Å². The van der Waals surface area contributed by atoms with Crippen LogP contribution in [-0.2, 0) is 9.59 Å². The van der Waals surface area contributed by atoms with E-state index in [1.807, 2.05) is 13.8 Å². The number of hydrogen-bond donors (Lipinski definition) is 2. The first-order valence-corrected chi connectivity index (χ1v) is 7.26. The highest BCUT2D eigenvalue weighted by molar-refractivity contribution is 6.03. The summed E-state index contributed by atoms with van der Waals surface area (Å²) in [6.45, 7) is 11.6. The van der Waals surface area contributed by atoms with Crippen LogP contribution in [0.15, 0.2) is 0 Å². The van der Waals surface area contributed by atoms with Gasteiger partial charge in [0, 0.05) is 6.04 Å². The molecule has 19 heavy (non-hydrogen) atoms. The van der Waals surface area contributed by atoms with Crippen molar-refractivity contribution in [3.63, 3.8) is 0 Å². The number of primary amides is 1. The number of nitrogens with two attached hydrogens (primary N) is 1. The van der Waals surface area contributed by atoms with Gasteiger partial charge in [-0.25, -0.2) is 0 Å². The predicted octanol–water partition coefficient (Wildman–Crippen LogP) is 2.61. The molecule has 0 atom stereocenters. The second-order valence-electron chi connectivity index (χ2n) is 6.40. The lowest BCUT2D eigenvalue weighted by Crippen LogP contribution is -2.50. The van der Waals surface area contributed by atoms with E-state index in [0.717, 1.165) is 25.7 Å². The molecule has 1 aliphatic carbocycles. The van der Waals surface area contributed by atoms with Crippen LogP contribution in [0.5, 0.6) is 0 Å². The fourth-order valence-corrected chi connectivity index (χ4v) is 2.02. The topological polar surface area (TPSA) is 72.2 Å². The molecule has 3 N–H and O–H groups in total. The lowest BCUT2D eigenvalue weighted by molar-refractivity contribution is -0.140. The Bertz CT molecular complexity index is 312. The molecule has 0 bridgehead atoms. The van der Waals surface area contributed by atoms with Crippen molar-refractivity contribution >= 4 is 11.8 Å². The minimum absolute atomic E-state index is 0.189. The van der Waals surface area contributed by atoms with E-state index in [2.05, 4.69) is 19.2 Å². The Labute approximate surface area is 117 Å². The first-order chi connectivity index (χ1) is 8.65. The maximum atomic E-state index is 11.9. The molecule has 1 aliphatic rings. The van der Waals surface area contributed by atoms with Gasteiger partial charge in [0.2, 0.25) is 11.8 Å². The normalized spacial score (nSPS) is 19.1. The fourth-order valence-electron chi connectivity index (χ4n) is 2.02. The monoisotopic (exact) mass is 270 g/mol. The van der Waals surface area contributed by atoms with Gasteiger partial charge in [-0.2, -0.15) is 0 Å². The molecule has 4 nitrogen and oxygen atoms in total. The molecule has 0 unspecified atom stereocenters. The van der Waals surface area contributed by atoms with E-state index in [0.29, 0.717) is 5.41 Å². The van der Waals surface area contributed by atoms with Crippen molar-refractivity contribution in [1.29, 1.82) is 0 Å². The maximum absolute atomic E-state index is 11.9. The standard InChI is InChI=1S/C13H24N2O2.C2H6/c1-12(2)7-5-9(6-8-12)15-11(17)13(3,4)10(14)16;1-2/h9H,5-8H2,1-4H3,(H2,14,16)(H,15,17);1-2H3. The third kappa shape index (κ3) is 5.21. The van der Waals surface area contributed by atoms with Crippen LogP contribution in [0.4, 0.5) is 0 Å². The molecule has 1 rings (SSSR count). The third-order valence-corrected chi connectivity index (χ3v) is 3.86. The van der Waals surface area contributed by atoms with Crippen LogP contribution in [0.3, 0.4) is 0 Å². The zero-order valence-corrected chi connectivity index (χ0v) is 13.3. The van der Waals surface area contributed by atoms with Crippen LogP contribution >= 0.6 is 0 Å². The molecule has 1 fully saturated rings. The number of carbonyl (C=O) groups excluding carboxylic acids is 2. The van der Waals surface area contributed by atoms with E-state index in [4.69, 9.17) is 5.73 Å². The minimum atomic E-state index is -1.12. The second kappa shape index (κ2) is 6.92. The molecule has 0 heterocycles.